The van der Waals surface area contributed by atoms with Crippen molar-refractivity contribution >= 4 is 108 Å². The molecule has 16 rings (SSSR count). The molecule has 0 spiro atoms. The van der Waals surface area contributed by atoms with Gasteiger partial charge in [-0.2, -0.15) is 0 Å². The Hall–Kier alpha value is -8.32. The van der Waals surface area contributed by atoms with Gasteiger partial charge < -0.3 is 0 Å². The van der Waals surface area contributed by atoms with Crippen LogP contribution in [0.5, 0.6) is 0 Å². The molecule has 0 amide bonds. The topological polar surface area (TPSA) is 0 Å². The fraction of sp³-hybridized carbons (Fsp3) is 0. The molecule has 0 bridgehead atoms. The van der Waals surface area contributed by atoms with E-state index in [4.69, 9.17) is 0 Å². The highest BCUT2D eigenvalue weighted by atomic mass is 14.4. The van der Waals surface area contributed by atoms with Crippen LogP contribution in [0.15, 0.2) is 206 Å². The third-order valence-electron chi connectivity index (χ3n) is 15.2. The van der Waals surface area contributed by atoms with Crippen molar-refractivity contribution in [2.75, 3.05) is 0 Å². The molecule has 64 heavy (non-hydrogen) atoms. The quantitative estimate of drug-likeness (QED) is 0.123. The Balaban J connectivity index is 1.09. The average Bonchev–Trinajstić information content (AvgIpc) is 4.00. The molecular weight excluding hydrogens is 769 g/mol. The highest BCUT2D eigenvalue weighted by Gasteiger charge is 2.33. The Morgan fingerprint density at radius 2 is 0.469 bits per heavy atom. The Labute approximate surface area is 367 Å². The van der Waals surface area contributed by atoms with Crippen molar-refractivity contribution in [3.05, 3.63) is 206 Å². The molecule has 15 aromatic carbocycles. The van der Waals surface area contributed by atoms with Gasteiger partial charge in [-0.3, -0.25) is 0 Å². The van der Waals surface area contributed by atoms with E-state index in [9.17, 15) is 0 Å². The number of hydrogen-bond donors (Lipinski definition) is 0. The van der Waals surface area contributed by atoms with E-state index in [0.29, 0.717) is 0 Å². The summed E-state index contributed by atoms with van der Waals surface area (Å²) in [5, 5.41) is 26.9. The van der Waals surface area contributed by atoms with Crippen LogP contribution in [-0.4, -0.2) is 0 Å². The van der Waals surface area contributed by atoms with Gasteiger partial charge in [0.2, 0.25) is 0 Å². The summed E-state index contributed by atoms with van der Waals surface area (Å²) in [5.41, 5.74) is 13.1. The molecule has 0 N–H and O–H groups in total. The van der Waals surface area contributed by atoms with Crippen molar-refractivity contribution in [2.45, 2.75) is 0 Å². The third-order valence-corrected chi connectivity index (χ3v) is 15.2. The van der Waals surface area contributed by atoms with E-state index >= 15 is 0 Å². The SMILES string of the molecule is c1ccc(-c2c3c(c(-c4ccccc4)c4ccccc24)-c2ccc4c5ccc6c7c(ccc(c8ccc-3c2c84)c57)c2c(-c3ccccc3)c3cccc4c5ccccc5c(c34)c62)cc1. The van der Waals surface area contributed by atoms with E-state index in [1.54, 1.807) is 0 Å². The van der Waals surface area contributed by atoms with E-state index in [1.165, 1.54) is 163 Å². The minimum Gasteiger partial charge on any atom is -0.0622 e. The van der Waals surface area contributed by atoms with Gasteiger partial charge in [-0.15, -0.1) is 0 Å². The van der Waals surface area contributed by atoms with Gasteiger partial charge in [0.1, 0.15) is 0 Å². The molecule has 0 atom stereocenters. The second-order valence-electron chi connectivity index (χ2n) is 18.1. The van der Waals surface area contributed by atoms with Crippen molar-refractivity contribution in [3.8, 4) is 55.6 Å². The van der Waals surface area contributed by atoms with Gasteiger partial charge in [0.05, 0.1) is 0 Å². The molecule has 0 radical (unpaired) electrons. The van der Waals surface area contributed by atoms with Crippen LogP contribution in [0, 0.1) is 0 Å². The number of fused-ring (bicyclic) bond motifs is 13. The van der Waals surface area contributed by atoms with Crippen LogP contribution in [0.4, 0.5) is 0 Å². The molecular formula is C64H34. The zero-order valence-electron chi connectivity index (χ0n) is 34.6. The van der Waals surface area contributed by atoms with Crippen LogP contribution < -0.4 is 0 Å². The van der Waals surface area contributed by atoms with Crippen molar-refractivity contribution in [1.29, 1.82) is 0 Å². The van der Waals surface area contributed by atoms with Gasteiger partial charge in [0.15, 0.2) is 0 Å². The van der Waals surface area contributed by atoms with Crippen LogP contribution >= 0.6 is 0 Å². The maximum atomic E-state index is 2.47. The summed E-state index contributed by atoms with van der Waals surface area (Å²) in [6, 6.07) is 78.0. The summed E-state index contributed by atoms with van der Waals surface area (Å²) in [6.45, 7) is 0. The van der Waals surface area contributed by atoms with Crippen molar-refractivity contribution < 1.29 is 0 Å². The van der Waals surface area contributed by atoms with Crippen LogP contribution in [0.1, 0.15) is 0 Å². The number of benzene rings is 13. The lowest BCUT2D eigenvalue weighted by Gasteiger charge is -2.20. The van der Waals surface area contributed by atoms with Crippen LogP contribution in [0.2, 0.25) is 0 Å². The maximum absolute atomic E-state index is 2.47. The van der Waals surface area contributed by atoms with E-state index in [1.807, 2.05) is 0 Å². The molecule has 15 aromatic rings. The average molecular weight is 803 g/mol. The number of hydrogen-bond acceptors (Lipinski definition) is 0. The van der Waals surface area contributed by atoms with E-state index < -0.39 is 0 Å². The predicted octanol–water partition coefficient (Wildman–Crippen LogP) is 18.2. The van der Waals surface area contributed by atoms with Gasteiger partial charge in [0.25, 0.3) is 0 Å². The normalized spacial score (nSPS) is 12.7. The second kappa shape index (κ2) is 11.8. The van der Waals surface area contributed by atoms with Crippen molar-refractivity contribution in [2.24, 2.45) is 0 Å². The van der Waals surface area contributed by atoms with Crippen molar-refractivity contribution in [3.63, 3.8) is 0 Å². The second-order valence-corrected chi connectivity index (χ2v) is 18.1. The van der Waals surface area contributed by atoms with E-state index in [-0.39, 0.29) is 0 Å². The molecule has 0 aliphatic heterocycles. The van der Waals surface area contributed by atoms with Crippen LogP contribution in [-0.2, 0) is 0 Å². The lowest BCUT2D eigenvalue weighted by atomic mass is 9.82. The third kappa shape index (κ3) is 3.89. The number of rotatable bonds is 3. The summed E-state index contributed by atoms with van der Waals surface area (Å²) < 4.78 is 0. The molecule has 0 heteroatoms. The Bertz CT molecular complexity index is 4340. The first-order valence-electron chi connectivity index (χ1n) is 22.5. The van der Waals surface area contributed by atoms with Crippen molar-refractivity contribution in [1.82, 2.24) is 0 Å². The van der Waals surface area contributed by atoms with E-state index in [2.05, 4.69) is 206 Å². The fourth-order valence-corrected chi connectivity index (χ4v) is 12.9. The van der Waals surface area contributed by atoms with Gasteiger partial charge >= 0.3 is 0 Å². The molecule has 1 aliphatic rings. The fourth-order valence-electron chi connectivity index (χ4n) is 12.9. The first kappa shape index (κ1) is 33.3. The molecule has 0 saturated carbocycles. The predicted molar refractivity (Wildman–Crippen MR) is 276 cm³/mol. The lowest BCUT2D eigenvalue weighted by molar-refractivity contribution is 1.62. The van der Waals surface area contributed by atoms with Gasteiger partial charge in [-0.25, -0.2) is 0 Å². The largest absolute Gasteiger partial charge is 0.0622 e. The summed E-state index contributed by atoms with van der Waals surface area (Å²) in [5.74, 6) is 0. The highest BCUT2D eigenvalue weighted by molar-refractivity contribution is 6.51. The minimum absolute atomic E-state index is 1.25. The Morgan fingerprint density at radius 1 is 0.141 bits per heavy atom. The Kier molecular flexibility index (Phi) is 6.13. The molecule has 0 nitrogen and oxygen atoms in total. The highest BCUT2D eigenvalue weighted by Crippen LogP contribution is 2.61. The maximum Gasteiger partial charge on any atom is -0.000696 e. The molecule has 0 aromatic heterocycles. The van der Waals surface area contributed by atoms with Gasteiger partial charge in [-0.05, 0) is 163 Å². The first-order chi connectivity index (χ1) is 31.8. The molecule has 0 saturated heterocycles. The van der Waals surface area contributed by atoms with Gasteiger partial charge in [-0.1, -0.05) is 206 Å². The van der Waals surface area contributed by atoms with E-state index in [0.717, 1.165) is 0 Å². The summed E-state index contributed by atoms with van der Waals surface area (Å²) in [6.07, 6.45) is 0. The minimum atomic E-state index is 1.25. The van der Waals surface area contributed by atoms with Gasteiger partial charge in [0, 0.05) is 0 Å². The van der Waals surface area contributed by atoms with Crippen LogP contribution in [0.25, 0.3) is 163 Å². The standard InChI is InChI=1S/C64H34/c1-4-15-35(16-5-1)52-41-23-12-13-24-42(41)53(36-17-6-2-7-18-36)62-49-32-28-44-46-30-34-51-59-50(33-29-45(56(46)59)43-27-31-48(61(52)62)58(49)55(43)44)63-54(37-19-8-3-9-20-37)47-26-14-25-39-38-21-10-11-22-40(38)60(57(39)47)64(51)63/h1-34H. The molecule has 0 heterocycles. The Morgan fingerprint density at radius 3 is 1.03 bits per heavy atom. The summed E-state index contributed by atoms with van der Waals surface area (Å²) in [4.78, 5) is 0. The molecule has 0 unspecified atom stereocenters. The smallest absolute Gasteiger partial charge is 0.000696 e. The zero-order valence-corrected chi connectivity index (χ0v) is 34.6. The molecule has 1 aliphatic carbocycles. The molecule has 290 valence electrons. The lowest BCUT2D eigenvalue weighted by Crippen LogP contribution is -1.93. The summed E-state index contributed by atoms with van der Waals surface area (Å²) >= 11 is 0. The monoisotopic (exact) mass is 802 g/mol. The van der Waals surface area contributed by atoms with Crippen LogP contribution in [0.3, 0.4) is 0 Å². The first-order valence-corrected chi connectivity index (χ1v) is 22.5. The zero-order chi connectivity index (χ0) is 41.4. The summed E-state index contributed by atoms with van der Waals surface area (Å²) in [7, 11) is 0. The molecule has 0 fully saturated rings.